The second-order valence-corrected chi connectivity index (χ2v) is 11.4. The molecule has 3 aromatic rings. The van der Waals surface area contributed by atoms with Crippen LogP contribution in [0.25, 0.3) is 0 Å². The summed E-state index contributed by atoms with van der Waals surface area (Å²) in [4.78, 5) is 14.7. The number of carbonyl (C=O) groups is 1. The first kappa shape index (κ1) is 33.0. The van der Waals surface area contributed by atoms with Crippen molar-refractivity contribution in [2.75, 3.05) is 26.8 Å². The minimum Gasteiger partial charge on any atom is -0.392 e. The number of amides is 1. The third kappa shape index (κ3) is 7.05. The summed E-state index contributed by atoms with van der Waals surface area (Å²) in [6.07, 6.45) is 0.871. The lowest BCUT2D eigenvalue weighted by Crippen LogP contribution is -2.46. The molecular formula is C33H35F5N2O5. The van der Waals surface area contributed by atoms with Crippen LogP contribution in [-0.4, -0.2) is 54.9 Å². The molecule has 7 nitrogen and oxygen atoms in total. The first-order valence-corrected chi connectivity index (χ1v) is 14.7. The van der Waals surface area contributed by atoms with E-state index >= 15 is 0 Å². The van der Waals surface area contributed by atoms with Crippen LogP contribution >= 0.6 is 0 Å². The van der Waals surface area contributed by atoms with E-state index in [2.05, 4.69) is 17.1 Å². The number of aliphatic hydroxyl groups is 1. The van der Waals surface area contributed by atoms with Crippen molar-refractivity contribution in [3.8, 4) is 0 Å². The summed E-state index contributed by atoms with van der Waals surface area (Å²) in [6, 6.07) is 14.6. The molecule has 5 rings (SSSR count). The zero-order chi connectivity index (χ0) is 32.2. The first-order chi connectivity index (χ1) is 21.6. The lowest BCUT2D eigenvalue weighted by atomic mass is 9.90. The van der Waals surface area contributed by atoms with E-state index in [1.165, 1.54) is 0 Å². The molecule has 2 aliphatic heterocycles. The van der Waals surface area contributed by atoms with Crippen LogP contribution in [-0.2, 0) is 27.4 Å². The maximum Gasteiger partial charge on any atom is 0.257 e. The molecule has 45 heavy (non-hydrogen) atoms. The van der Waals surface area contributed by atoms with Crippen LogP contribution in [0.15, 0.2) is 48.5 Å². The molecule has 2 heterocycles. The van der Waals surface area contributed by atoms with Crippen LogP contribution in [0.3, 0.4) is 0 Å². The molecule has 2 fully saturated rings. The second kappa shape index (κ2) is 14.3. The van der Waals surface area contributed by atoms with Gasteiger partial charge in [-0.25, -0.2) is 22.0 Å². The van der Waals surface area contributed by atoms with E-state index in [4.69, 9.17) is 14.2 Å². The van der Waals surface area contributed by atoms with Gasteiger partial charge in [-0.05, 0) is 36.1 Å². The summed E-state index contributed by atoms with van der Waals surface area (Å²) in [5.74, 6) is -12.6. The van der Waals surface area contributed by atoms with Crippen LogP contribution in [0.2, 0.25) is 0 Å². The lowest BCUT2D eigenvalue weighted by molar-refractivity contribution is -0.276. The van der Waals surface area contributed by atoms with Gasteiger partial charge in [0.1, 0.15) is 5.56 Å². The fraction of sp³-hybridized carbons (Fsp3) is 0.424. The van der Waals surface area contributed by atoms with E-state index in [9.17, 15) is 31.9 Å². The molecule has 2 aliphatic rings. The Morgan fingerprint density at radius 2 is 1.51 bits per heavy atom. The number of nitrogens with one attached hydrogen (secondary N) is 1. The van der Waals surface area contributed by atoms with Crippen molar-refractivity contribution in [1.29, 1.82) is 0 Å². The summed E-state index contributed by atoms with van der Waals surface area (Å²) in [5, 5.41) is 11.7. The van der Waals surface area contributed by atoms with E-state index in [0.717, 1.165) is 30.5 Å². The van der Waals surface area contributed by atoms with Crippen LogP contribution < -0.4 is 5.32 Å². The van der Waals surface area contributed by atoms with Crippen molar-refractivity contribution in [3.05, 3.63) is 105 Å². The molecule has 2 saturated heterocycles. The molecule has 12 heteroatoms. The number of carbonyl (C=O) groups excluding carboxylic acids is 1. The zero-order valence-corrected chi connectivity index (χ0v) is 24.9. The Morgan fingerprint density at radius 3 is 2.13 bits per heavy atom. The number of likely N-dealkylation sites (tertiary alicyclic amines) is 1. The van der Waals surface area contributed by atoms with Gasteiger partial charge in [0.2, 0.25) is 5.82 Å². The highest BCUT2D eigenvalue weighted by Crippen LogP contribution is 2.42. The minimum atomic E-state index is -2.33. The van der Waals surface area contributed by atoms with E-state index in [0.29, 0.717) is 30.3 Å². The summed E-state index contributed by atoms with van der Waals surface area (Å²) in [5.41, 5.74) is 1.38. The van der Waals surface area contributed by atoms with Gasteiger partial charge >= 0.3 is 0 Å². The van der Waals surface area contributed by atoms with E-state index < -0.39 is 46.8 Å². The number of aliphatic hydroxyl groups excluding tert-OH is 1. The van der Waals surface area contributed by atoms with Gasteiger partial charge in [-0.2, -0.15) is 0 Å². The normalized spacial score (nSPS) is 23.8. The van der Waals surface area contributed by atoms with Gasteiger partial charge in [0.25, 0.3) is 5.91 Å². The van der Waals surface area contributed by atoms with Gasteiger partial charge in [0.05, 0.1) is 25.4 Å². The number of methoxy groups -OCH3 is 1. The second-order valence-electron chi connectivity index (χ2n) is 11.4. The average Bonchev–Trinajstić information content (AvgIpc) is 3.49. The SMILES string of the molecule is COCC1CCCN1CC1OC(c2ccc(CNC(=O)c3c(F)c(F)c(F)c(F)c3F)cc2)OC(c2ccc(CO)cc2)C1C. The minimum absolute atomic E-state index is 0.0126. The molecule has 242 valence electrons. The Balaban J connectivity index is 1.32. The number of hydrogen-bond acceptors (Lipinski definition) is 6. The number of nitrogens with zero attached hydrogens (tertiary/aromatic N) is 1. The van der Waals surface area contributed by atoms with Crippen molar-refractivity contribution in [3.63, 3.8) is 0 Å². The molecule has 0 aromatic heterocycles. The number of hydrogen-bond donors (Lipinski definition) is 2. The maximum absolute atomic E-state index is 14.0. The van der Waals surface area contributed by atoms with Crippen LogP contribution in [0.1, 0.15) is 64.8 Å². The van der Waals surface area contributed by atoms with Gasteiger partial charge in [-0.3, -0.25) is 9.69 Å². The standard InChI is InChI=1S/C33H35F5N2O5/c1-18-24(15-40-13-3-4-23(40)17-43-2)44-33(45-31(18)21-9-7-20(16-41)8-10-21)22-11-5-19(6-12-22)14-39-32(42)25-26(34)28(36)30(38)29(37)27(25)35/h5-12,18,23-24,31,33,41H,3-4,13-17H2,1-2H3,(H,39,42). The van der Waals surface area contributed by atoms with Gasteiger partial charge in [0.15, 0.2) is 29.6 Å². The topological polar surface area (TPSA) is 80.3 Å². The van der Waals surface area contributed by atoms with E-state index in [1.54, 1.807) is 31.4 Å². The quantitative estimate of drug-likeness (QED) is 0.169. The molecule has 5 unspecified atom stereocenters. The van der Waals surface area contributed by atoms with Gasteiger partial charge in [-0.15, -0.1) is 0 Å². The molecule has 2 N–H and O–H groups in total. The fourth-order valence-electron chi connectivity index (χ4n) is 5.94. The molecule has 0 saturated carbocycles. The van der Waals surface area contributed by atoms with E-state index in [-0.39, 0.29) is 31.3 Å². The third-order valence-corrected chi connectivity index (χ3v) is 8.54. The monoisotopic (exact) mass is 634 g/mol. The summed E-state index contributed by atoms with van der Waals surface area (Å²) in [7, 11) is 1.69. The van der Waals surface area contributed by atoms with E-state index in [1.807, 2.05) is 24.3 Å². The first-order valence-electron chi connectivity index (χ1n) is 14.7. The number of benzene rings is 3. The lowest BCUT2D eigenvalue weighted by Gasteiger charge is -2.43. The van der Waals surface area contributed by atoms with Gasteiger partial charge in [0, 0.05) is 37.7 Å². The Bertz CT molecular complexity index is 1460. The molecule has 5 atom stereocenters. The Kier molecular flexibility index (Phi) is 10.5. The Hall–Kier alpha value is -3.42. The third-order valence-electron chi connectivity index (χ3n) is 8.54. The molecule has 0 aliphatic carbocycles. The number of rotatable bonds is 10. The van der Waals surface area contributed by atoms with Crippen molar-refractivity contribution >= 4 is 5.91 Å². The molecule has 0 bridgehead atoms. The highest BCUT2D eigenvalue weighted by molar-refractivity contribution is 5.94. The van der Waals surface area contributed by atoms with Crippen molar-refractivity contribution in [2.24, 2.45) is 5.92 Å². The van der Waals surface area contributed by atoms with Gasteiger partial charge < -0.3 is 24.6 Å². The summed E-state index contributed by atoms with van der Waals surface area (Å²) >= 11 is 0. The number of halogens is 5. The Labute approximate surface area is 257 Å². The molecular weight excluding hydrogens is 599 g/mol. The summed E-state index contributed by atoms with van der Waals surface area (Å²) < 4.78 is 87.0. The largest absolute Gasteiger partial charge is 0.392 e. The predicted molar refractivity (Wildman–Crippen MR) is 153 cm³/mol. The highest BCUT2D eigenvalue weighted by Gasteiger charge is 2.40. The van der Waals surface area contributed by atoms with Gasteiger partial charge in [-0.1, -0.05) is 55.5 Å². The van der Waals surface area contributed by atoms with Crippen molar-refractivity contribution in [1.82, 2.24) is 10.2 Å². The zero-order valence-electron chi connectivity index (χ0n) is 24.9. The van der Waals surface area contributed by atoms with Crippen molar-refractivity contribution in [2.45, 2.75) is 57.5 Å². The average molecular weight is 635 g/mol. The fourth-order valence-corrected chi connectivity index (χ4v) is 5.94. The molecule has 0 spiro atoms. The molecule has 1 amide bonds. The van der Waals surface area contributed by atoms with Crippen molar-refractivity contribution < 1.29 is 46.1 Å². The van der Waals surface area contributed by atoms with Crippen LogP contribution in [0.4, 0.5) is 22.0 Å². The van der Waals surface area contributed by atoms with Crippen LogP contribution in [0.5, 0.6) is 0 Å². The smallest absolute Gasteiger partial charge is 0.257 e. The number of ether oxygens (including phenoxy) is 3. The molecule has 0 radical (unpaired) electrons. The van der Waals surface area contributed by atoms with Crippen LogP contribution in [0, 0.1) is 35.0 Å². The highest BCUT2D eigenvalue weighted by atomic mass is 19.2. The summed E-state index contributed by atoms with van der Waals surface area (Å²) in [6.45, 7) is 4.04. The maximum atomic E-state index is 14.0. The Morgan fingerprint density at radius 1 is 0.911 bits per heavy atom. The molecule has 3 aromatic carbocycles. The predicted octanol–water partition coefficient (Wildman–Crippen LogP) is 5.71.